The van der Waals surface area contributed by atoms with Crippen molar-refractivity contribution in [2.75, 3.05) is 13.6 Å². The Kier molecular flexibility index (Phi) is 4.78. The van der Waals surface area contributed by atoms with Crippen molar-refractivity contribution < 1.29 is 0 Å². The van der Waals surface area contributed by atoms with E-state index in [0.717, 1.165) is 6.42 Å². The average molecular weight is 128 g/mol. The Morgan fingerprint density at radius 1 is 1.44 bits per heavy atom. The van der Waals surface area contributed by atoms with Crippen LogP contribution in [0.1, 0.15) is 26.7 Å². The Bertz CT molecular complexity index is 59.6. The molecule has 0 bridgehead atoms. The summed E-state index contributed by atoms with van der Waals surface area (Å²) in [7, 11) is 2.15. The summed E-state index contributed by atoms with van der Waals surface area (Å²) in [6.07, 6.45) is 2.27. The van der Waals surface area contributed by atoms with E-state index in [0.29, 0.717) is 6.04 Å². The molecule has 0 spiro atoms. The fraction of sp³-hybridized carbons (Fsp3) is 0.875. The lowest BCUT2D eigenvalue weighted by Gasteiger charge is -2.19. The second-order valence-corrected chi connectivity index (χ2v) is 2.78. The third-order valence-electron chi connectivity index (χ3n) is 1.64. The smallest absolute Gasteiger partial charge is 0.00355 e. The maximum Gasteiger partial charge on any atom is 0.00355 e. The van der Waals surface area contributed by atoms with Crippen LogP contribution in [0.3, 0.4) is 0 Å². The summed E-state index contributed by atoms with van der Waals surface area (Å²) in [4.78, 5) is 2.34. The molecule has 0 fully saturated rings. The summed E-state index contributed by atoms with van der Waals surface area (Å²) in [6.45, 7) is 9.39. The number of unbranched alkanes of at least 4 members (excludes halogenated alkanes) is 1. The average Bonchev–Trinajstić information content (AvgIpc) is 1.82. The molecule has 0 aliphatic rings. The molecule has 0 aliphatic carbocycles. The molecule has 0 saturated heterocycles. The highest BCUT2D eigenvalue weighted by Gasteiger charge is 1.99. The van der Waals surface area contributed by atoms with E-state index in [1.54, 1.807) is 0 Å². The fourth-order valence-electron chi connectivity index (χ4n) is 0.619. The molecule has 0 aromatic carbocycles. The Morgan fingerprint density at radius 3 is 2.33 bits per heavy atom. The highest BCUT2D eigenvalue weighted by atomic mass is 15.1. The molecular weight excluding hydrogens is 110 g/mol. The third kappa shape index (κ3) is 4.46. The van der Waals surface area contributed by atoms with E-state index in [1.165, 1.54) is 13.0 Å². The molecule has 0 N–H and O–H groups in total. The van der Waals surface area contributed by atoms with E-state index in [1.807, 2.05) is 0 Å². The van der Waals surface area contributed by atoms with E-state index < -0.39 is 0 Å². The zero-order valence-corrected chi connectivity index (χ0v) is 6.85. The Morgan fingerprint density at radius 2 is 2.00 bits per heavy atom. The Hall–Kier alpha value is -0.0400. The molecule has 0 saturated carbocycles. The molecule has 0 aromatic rings. The number of hydrogen-bond acceptors (Lipinski definition) is 1. The molecule has 55 valence electrons. The van der Waals surface area contributed by atoms with Gasteiger partial charge in [-0.1, -0.05) is 13.3 Å². The largest absolute Gasteiger partial charge is 0.304 e. The normalized spacial score (nSPS) is 11.3. The molecule has 1 heteroatoms. The lowest BCUT2D eigenvalue weighted by molar-refractivity contribution is 0.271. The Labute approximate surface area is 59.1 Å². The van der Waals surface area contributed by atoms with Crippen molar-refractivity contribution in [3.63, 3.8) is 0 Å². The number of rotatable bonds is 4. The predicted molar refractivity (Wildman–Crippen MR) is 42.4 cm³/mol. The number of hydrogen-bond donors (Lipinski definition) is 0. The van der Waals surface area contributed by atoms with Gasteiger partial charge in [-0.25, -0.2) is 0 Å². The molecule has 9 heavy (non-hydrogen) atoms. The first-order valence-corrected chi connectivity index (χ1v) is 3.68. The van der Waals surface area contributed by atoms with Crippen LogP contribution in [0, 0.1) is 6.92 Å². The van der Waals surface area contributed by atoms with Crippen LogP contribution in [0.2, 0.25) is 0 Å². The van der Waals surface area contributed by atoms with Gasteiger partial charge in [-0.3, -0.25) is 0 Å². The SMILES string of the molecule is [CH2]CCCN(C)C(C)C. The topological polar surface area (TPSA) is 3.24 Å². The lowest BCUT2D eigenvalue weighted by atomic mass is 10.3. The second-order valence-electron chi connectivity index (χ2n) is 2.78. The van der Waals surface area contributed by atoms with Crippen molar-refractivity contribution in [1.82, 2.24) is 4.90 Å². The molecule has 0 atom stereocenters. The molecule has 0 aliphatic heterocycles. The van der Waals surface area contributed by atoms with Gasteiger partial charge in [0.05, 0.1) is 0 Å². The Balaban J connectivity index is 3.16. The minimum atomic E-state index is 0.677. The summed E-state index contributed by atoms with van der Waals surface area (Å²) in [5.41, 5.74) is 0. The standard InChI is InChI=1S/C8H18N/c1-5-6-7-9(4)8(2)3/h8H,1,5-7H2,2-4H3. The highest BCUT2D eigenvalue weighted by Crippen LogP contribution is 1.96. The highest BCUT2D eigenvalue weighted by molar-refractivity contribution is 4.56. The second kappa shape index (κ2) is 4.80. The molecule has 1 radical (unpaired) electrons. The van der Waals surface area contributed by atoms with Gasteiger partial charge in [0.15, 0.2) is 0 Å². The van der Waals surface area contributed by atoms with Crippen LogP contribution < -0.4 is 0 Å². The van der Waals surface area contributed by atoms with Gasteiger partial charge in [0, 0.05) is 6.04 Å². The van der Waals surface area contributed by atoms with Crippen LogP contribution in [-0.4, -0.2) is 24.5 Å². The molecule has 0 unspecified atom stereocenters. The van der Waals surface area contributed by atoms with E-state index in [4.69, 9.17) is 0 Å². The van der Waals surface area contributed by atoms with Crippen LogP contribution in [0.4, 0.5) is 0 Å². The molecule has 0 aromatic heterocycles. The van der Waals surface area contributed by atoms with Crippen molar-refractivity contribution in [2.24, 2.45) is 0 Å². The van der Waals surface area contributed by atoms with Crippen LogP contribution >= 0.6 is 0 Å². The third-order valence-corrected chi connectivity index (χ3v) is 1.64. The van der Waals surface area contributed by atoms with Crippen LogP contribution in [0.5, 0.6) is 0 Å². The maximum atomic E-state index is 3.79. The quantitative estimate of drug-likeness (QED) is 0.559. The minimum absolute atomic E-state index is 0.677. The first kappa shape index (κ1) is 8.96. The predicted octanol–water partition coefficient (Wildman–Crippen LogP) is 1.94. The van der Waals surface area contributed by atoms with E-state index in [9.17, 15) is 0 Å². The van der Waals surface area contributed by atoms with Crippen LogP contribution in [0.15, 0.2) is 0 Å². The lowest BCUT2D eigenvalue weighted by Crippen LogP contribution is -2.26. The van der Waals surface area contributed by atoms with Crippen molar-refractivity contribution in [2.45, 2.75) is 32.7 Å². The first-order valence-electron chi connectivity index (χ1n) is 3.68. The number of nitrogens with zero attached hydrogens (tertiary/aromatic N) is 1. The van der Waals surface area contributed by atoms with Crippen molar-refractivity contribution >= 4 is 0 Å². The van der Waals surface area contributed by atoms with Crippen LogP contribution in [0.25, 0.3) is 0 Å². The van der Waals surface area contributed by atoms with Gasteiger partial charge in [0.25, 0.3) is 0 Å². The molecule has 0 rings (SSSR count). The van der Waals surface area contributed by atoms with Gasteiger partial charge in [-0.2, -0.15) is 0 Å². The van der Waals surface area contributed by atoms with E-state index >= 15 is 0 Å². The molecular formula is C8H18N. The summed E-state index contributed by atoms with van der Waals surface area (Å²) in [5.74, 6) is 0. The molecule has 1 nitrogen and oxygen atoms in total. The summed E-state index contributed by atoms with van der Waals surface area (Å²) >= 11 is 0. The fourth-order valence-corrected chi connectivity index (χ4v) is 0.619. The zero-order valence-electron chi connectivity index (χ0n) is 6.85. The van der Waals surface area contributed by atoms with Crippen LogP contribution in [-0.2, 0) is 0 Å². The van der Waals surface area contributed by atoms with Crippen molar-refractivity contribution in [1.29, 1.82) is 0 Å². The van der Waals surface area contributed by atoms with Gasteiger partial charge in [0.2, 0.25) is 0 Å². The summed E-state index contributed by atoms with van der Waals surface area (Å²) < 4.78 is 0. The van der Waals surface area contributed by atoms with E-state index in [-0.39, 0.29) is 0 Å². The van der Waals surface area contributed by atoms with Gasteiger partial charge in [-0.05, 0) is 33.9 Å². The van der Waals surface area contributed by atoms with E-state index in [2.05, 4.69) is 32.7 Å². The molecule has 0 amide bonds. The maximum absolute atomic E-state index is 3.79. The van der Waals surface area contributed by atoms with Gasteiger partial charge >= 0.3 is 0 Å². The first-order chi connectivity index (χ1) is 4.18. The molecule has 0 heterocycles. The summed E-state index contributed by atoms with van der Waals surface area (Å²) in [5, 5.41) is 0. The van der Waals surface area contributed by atoms with Gasteiger partial charge in [0.1, 0.15) is 0 Å². The minimum Gasteiger partial charge on any atom is -0.304 e. The summed E-state index contributed by atoms with van der Waals surface area (Å²) in [6, 6.07) is 0.677. The van der Waals surface area contributed by atoms with Crippen molar-refractivity contribution in [3.8, 4) is 0 Å². The van der Waals surface area contributed by atoms with Crippen molar-refractivity contribution in [3.05, 3.63) is 6.92 Å². The van der Waals surface area contributed by atoms with Gasteiger partial charge in [-0.15, -0.1) is 0 Å². The monoisotopic (exact) mass is 128 g/mol. The zero-order chi connectivity index (χ0) is 7.28. The van der Waals surface area contributed by atoms with Gasteiger partial charge < -0.3 is 4.90 Å².